The van der Waals surface area contributed by atoms with Crippen LogP contribution in [0.25, 0.3) is 10.4 Å². The van der Waals surface area contributed by atoms with Gasteiger partial charge in [-0.05, 0) is 47.2 Å². The van der Waals surface area contributed by atoms with E-state index in [1.54, 1.807) is 11.3 Å². The first kappa shape index (κ1) is 15.5. The standard InChI is InChI=1S/C20H19NOS/c1-2-6-15-7-3-4-8-18(15)21-20(22)17-12-10-16(11-13-17)19-9-5-14-23-19/h3-5,7-14H,2,6H2,1H3,(H,21,22). The van der Waals surface area contributed by atoms with Crippen molar-refractivity contribution in [2.75, 3.05) is 5.32 Å². The SMILES string of the molecule is CCCc1ccccc1NC(=O)c1ccc(-c2cccs2)cc1. The van der Waals surface area contributed by atoms with Gasteiger partial charge in [0.25, 0.3) is 5.91 Å². The molecule has 3 aromatic rings. The second-order valence-electron chi connectivity index (χ2n) is 5.42. The second kappa shape index (κ2) is 7.25. The topological polar surface area (TPSA) is 29.1 Å². The summed E-state index contributed by atoms with van der Waals surface area (Å²) in [6, 6.07) is 19.9. The lowest BCUT2D eigenvalue weighted by atomic mass is 10.1. The number of rotatable bonds is 5. The Bertz CT molecular complexity index is 776. The first-order valence-electron chi connectivity index (χ1n) is 7.81. The molecule has 0 spiro atoms. The number of thiophene rings is 1. The number of amides is 1. The van der Waals surface area contributed by atoms with E-state index in [9.17, 15) is 4.79 Å². The average Bonchev–Trinajstić information content (AvgIpc) is 3.11. The van der Waals surface area contributed by atoms with Crippen LogP contribution in [-0.4, -0.2) is 5.91 Å². The second-order valence-corrected chi connectivity index (χ2v) is 6.36. The monoisotopic (exact) mass is 321 g/mol. The molecule has 0 aliphatic heterocycles. The molecule has 2 aromatic carbocycles. The minimum Gasteiger partial charge on any atom is -0.322 e. The molecule has 0 bridgehead atoms. The van der Waals surface area contributed by atoms with Crippen LogP contribution >= 0.6 is 11.3 Å². The van der Waals surface area contributed by atoms with Gasteiger partial charge in [-0.15, -0.1) is 11.3 Å². The van der Waals surface area contributed by atoms with Crippen molar-refractivity contribution in [1.29, 1.82) is 0 Å². The lowest BCUT2D eigenvalue weighted by Crippen LogP contribution is -2.13. The van der Waals surface area contributed by atoms with E-state index >= 15 is 0 Å². The molecule has 0 unspecified atom stereocenters. The predicted molar refractivity (Wildman–Crippen MR) is 98.1 cm³/mol. The fraction of sp³-hybridized carbons (Fsp3) is 0.150. The van der Waals surface area contributed by atoms with Crippen molar-refractivity contribution in [2.45, 2.75) is 19.8 Å². The van der Waals surface area contributed by atoms with E-state index in [2.05, 4.69) is 29.8 Å². The summed E-state index contributed by atoms with van der Waals surface area (Å²) in [6.07, 6.45) is 2.02. The summed E-state index contributed by atoms with van der Waals surface area (Å²) in [4.78, 5) is 13.7. The largest absolute Gasteiger partial charge is 0.322 e. The lowest BCUT2D eigenvalue weighted by molar-refractivity contribution is 0.102. The molecule has 0 saturated heterocycles. The number of carbonyl (C=O) groups excluding carboxylic acids is 1. The predicted octanol–water partition coefficient (Wildman–Crippen LogP) is 5.62. The number of benzene rings is 2. The maximum absolute atomic E-state index is 12.5. The van der Waals surface area contributed by atoms with Crippen molar-refractivity contribution in [2.24, 2.45) is 0 Å². The highest BCUT2D eigenvalue weighted by Crippen LogP contribution is 2.25. The van der Waals surface area contributed by atoms with Gasteiger partial charge >= 0.3 is 0 Å². The molecule has 23 heavy (non-hydrogen) atoms. The van der Waals surface area contributed by atoms with E-state index in [0.717, 1.165) is 24.1 Å². The Kier molecular flexibility index (Phi) is 4.89. The molecule has 0 saturated carbocycles. The number of hydrogen-bond donors (Lipinski definition) is 1. The van der Waals surface area contributed by atoms with E-state index in [1.165, 1.54) is 10.4 Å². The molecule has 116 valence electrons. The summed E-state index contributed by atoms with van der Waals surface area (Å²) in [5.74, 6) is -0.0636. The zero-order valence-electron chi connectivity index (χ0n) is 13.1. The molecule has 3 rings (SSSR count). The smallest absolute Gasteiger partial charge is 0.255 e. The number of aryl methyl sites for hydroxylation is 1. The van der Waals surface area contributed by atoms with Crippen molar-refractivity contribution in [3.05, 3.63) is 77.2 Å². The molecule has 1 aromatic heterocycles. The fourth-order valence-corrected chi connectivity index (χ4v) is 3.29. The van der Waals surface area contributed by atoms with Gasteiger partial charge in [0, 0.05) is 16.1 Å². The Morgan fingerprint density at radius 2 is 1.78 bits per heavy atom. The van der Waals surface area contributed by atoms with E-state index < -0.39 is 0 Å². The molecule has 0 aliphatic rings. The Morgan fingerprint density at radius 1 is 1.00 bits per heavy atom. The number of hydrogen-bond acceptors (Lipinski definition) is 2. The molecular formula is C20H19NOS. The lowest BCUT2D eigenvalue weighted by Gasteiger charge is -2.10. The number of carbonyl (C=O) groups is 1. The van der Waals surface area contributed by atoms with Crippen LogP contribution in [0.15, 0.2) is 66.0 Å². The van der Waals surface area contributed by atoms with Gasteiger partial charge in [0.2, 0.25) is 0 Å². The van der Waals surface area contributed by atoms with Gasteiger partial charge in [-0.25, -0.2) is 0 Å². The van der Waals surface area contributed by atoms with Gasteiger partial charge < -0.3 is 5.32 Å². The van der Waals surface area contributed by atoms with Crippen LogP contribution in [0.4, 0.5) is 5.69 Å². The number of anilines is 1. The van der Waals surface area contributed by atoms with Gasteiger partial charge in [0.1, 0.15) is 0 Å². The number of nitrogens with one attached hydrogen (secondary N) is 1. The summed E-state index contributed by atoms with van der Waals surface area (Å²) in [5.41, 5.74) is 3.90. The first-order valence-corrected chi connectivity index (χ1v) is 8.69. The Balaban J connectivity index is 1.76. The molecule has 1 amide bonds. The van der Waals surface area contributed by atoms with Gasteiger partial charge in [-0.1, -0.05) is 49.7 Å². The highest BCUT2D eigenvalue weighted by molar-refractivity contribution is 7.13. The van der Waals surface area contributed by atoms with E-state index in [-0.39, 0.29) is 5.91 Å². The van der Waals surface area contributed by atoms with E-state index in [4.69, 9.17) is 0 Å². The normalized spacial score (nSPS) is 10.5. The molecule has 2 nitrogen and oxygen atoms in total. The average molecular weight is 321 g/mol. The molecule has 1 N–H and O–H groups in total. The van der Waals surface area contributed by atoms with Crippen LogP contribution in [0.1, 0.15) is 29.3 Å². The van der Waals surface area contributed by atoms with Crippen LogP contribution in [-0.2, 0) is 6.42 Å². The highest BCUT2D eigenvalue weighted by atomic mass is 32.1. The third-order valence-electron chi connectivity index (χ3n) is 3.74. The Labute approximate surface area is 140 Å². The molecule has 3 heteroatoms. The van der Waals surface area contributed by atoms with Crippen molar-refractivity contribution in [3.8, 4) is 10.4 Å². The first-order chi connectivity index (χ1) is 11.3. The maximum atomic E-state index is 12.5. The van der Waals surface area contributed by atoms with Gasteiger partial charge in [-0.2, -0.15) is 0 Å². The Hall–Kier alpha value is -2.39. The van der Waals surface area contributed by atoms with Crippen LogP contribution in [0.3, 0.4) is 0 Å². The summed E-state index contributed by atoms with van der Waals surface area (Å²) in [5, 5.41) is 5.09. The summed E-state index contributed by atoms with van der Waals surface area (Å²) >= 11 is 1.70. The third-order valence-corrected chi connectivity index (χ3v) is 4.66. The zero-order valence-corrected chi connectivity index (χ0v) is 13.9. The molecule has 0 aliphatic carbocycles. The summed E-state index contributed by atoms with van der Waals surface area (Å²) in [6.45, 7) is 2.14. The zero-order chi connectivity index (χ0) is 16.1. The summed E-state index contributed by atoms with van der Waals surface area (Å²) in [7, 11) is 0. The van der Waals surface area contributed by atoms with Gasteiger partial charge in [0.05, 0.1) is 0 Å². The van der Waals surface area contributed by atoms with Crippen molar-refractivity contribution in [1.82, 2.24) is 0 Å². The van der Waals surface area contributed by atoms with Crippen LogP contribution in [0.2, 0.25) is 0 Å². The quantitative estimate of drug-likeness (QED) is 0.649. The maximum Gasteiger partial charge on any atom is 0.255 e. The van der Waals surface area contributed by atoms with E-state index in [1.807, 2.05) is 48.5 Å². The van der Waals surface area contributed by atoms with Crippen molar-refractivity contribution < 1.29 is 4.79 Å². The minimum atomic E-state index is -0.0636. The molecule has 0 fully saturated rings. The third kappa shape index (κ3) is 3.69. The Morgan fingerprint density at radius 3 is 2.48 bits per heavy atom. The van der Waals surface area contributed by atoms with Crippen molar-refractivity contribution in [3.63, 3.8) is 0 Å². The summed E-state index contributed by atoms with van der Waals surface area (Å²) < 4.78 is 0. The fourth-order valence-electron chi connectivity index (χ4n) is 2.55. The number of para-hydroxylation sites is 1. The molecular weight excluding hydrogens is 302 g/mol. The van der Waals surface area contributed by atoms with Crippen LogP contribution < -0.4 is 5.32 Å². The van der Waals surface area contributed by atoms with Crippen LogP contribution in [0, 0.1) is 0 Å². The molecule has 0 radical (unpaired) electrons. The van der Waals surface area contributed by atoms with Gasteiger partial charge in [0.15, 0.2) is 0 Å². The molecule has 0 atom stereocenters. The van der Waals surface area contributed by atoms with Crippen molar-refractivity contribution >= 4 is 22.9 Å². The minimum absolute atomic E-state index is 0.0636. The van der Waals surface area contributed by atoms with Crippen LogP contribution in [0.5, 0.6) is 0 Å². The van der Waals surface area contributed by atoms with Gasteiger partial charge in [-0.3, -0.25) is 4.79 Å². The van der Waals surface area contributed by atoms with E-state index in [0.29, 0.717) is 5.56 Å². The highest BCUT2D eigenvalue weighted by Gasteiger charge is 2.09. The molecule has 1 heterocycles.